The van der Waals surface area contributed by atoms with Crippen LogP contribution in [0.15, 0.2) is 0 Å². The summed E-state index contributed by atoms with van der Waals surface area (Å²) in [5, 5.41) is 47.7. The van der Waals surface area contributed by atoms with Crippen molar-refractivity contribution in [2.45, 2.75) is 83.2 Å². The average Bonchev–Trinajstić information content (AvgIpc) is 2.66. The van der Waals surface area contributed by atoms with Gasteiger partial charge in [-0.15, -0.1) is 0 Å². The Bertz CT molecular complexity index is 432. The van der Waals surface area contributed by atoms with Crippen LogP contribution in [0.3, 0.4) is 0 Å². The van der Waals surface area contributed by atoms with E-state index in [0.717, 1.165) is 32.1 Å². The molecule has 0 spiro atoms. The van der Waals surface area contributed by atoms with E-state index in [4.69, 9.17) is 5.11 Å². The van der Waals surface area contributed by atoms with Crippen LogP contribution in [-0.4, -0.2) is 86.7 Å². The molecule has 0 aliphatic carbocycles. The topological polar surface area (TPSA) is 139 Å². The molecule has 0 aromatic heterocycles. The van der Waals surface area contributed by atoms with Gasteiger partial charge in [0.2, 0.25) is 5.91 Å². The molecular weight excluding hydrogens is 354 g/mol. The number of ketones is 1. The van der Waals surface area contributed by atoms with E-state index in [0.29, 0.717) is 12.8 Å². The minimum Gasteiger partial charge on any atom is -0.394 e. The average molecular weight is 392 g/mol. The third-order valence-corrected chi connectivity index (χ3v) is 4.72. The van der Waals surface area contributed by atoms with Crippen LogP contribution in [0.2, 0.25) is 0 Å². The highest BCUT2D eigenvalue weighted by Crippen LogP contribution is 2.17. The molecule has 0 radical (unpaired) electrons. The lowest BCUT2D eigenvalue weighted by atomic mass is 9.92. The molecule has 0 bridgehead atoms. The van der Waals surface area contributed by atoms with Crippen LogP contribution in [0.5, 0.6) is 0 Å². The smallest absolute Gasteiger partial charge is 0.232 e. The number of likely N-dealkylation sites (N-methyl/N-ethyl adjacent to an activating group) is 1. The Morgan fingerprint density at radius 3 is 1.96 bits per heavy atom. The van der Waals surface area contributed by atoms with Gasteiger partial charge in [-0.1, -0.05) is 39.5 Å². The van der Waals surface area contributed by atoms with Crippen molar-refractivity contribution >= 4 is 11.7 Å². The molecule has 0 aromatic rings. The van der Waals surface area contributed by atoms with Crippen molar-refractivity contribution in [3.8, 4) is 0 Å². The summed E-state index contributed by atoms with van der Waals surface area (Å²) in [6, 6.07) is 0. The van der Waals surface area contributed by atoms with E-state index in [1.54, 1.807) is 0 Å². The first-order valence-corrected chi connectivity index (χ1v) is 9.81. The molecule has 0 aliphatic heterocycles. The number of unbranched alkanes of at least 4 members (excludes halogenated alkanes) is 3. The fraction of sp³-hybridized carbons (Fsp3) is 0.895. The molecule has 5 atom stereocenters. The molecule has 0 heterocycles. The predicted octanol–water partition coefficient (Wildman–Crippen LogP) is -0.163. The van der Waals surface area contributed by atoms with Gasteiger partial charge in [0.25, 0.3) is 0 Å². The molecule has 5 N–H and O–H groups in total. The van der Waals surface area contributed by atoms with Crippen molar-refractivity contribution in [2.24, 2.45) is 5.92 Å². The highest BCUT2D eigenvalue weighted by atomic mass is 16.4. The largest absolute Gasteiger partial charge is 0.394 e. The number of hydrogen-bond donors (Lipinski definition) is 5. The highest BCUT2D eigenvalue weighted by Gasteiger charge is 2.33. The Labute approximate surface area is 161 Å². The summed E-state index contributed by atoms with van der Waals surface area (Å²) in [4.78, 5) is 26.3. The van der Waals surface area contributed by atoms with E-state index in [2.05, 4.69) is 0 Å². The van der Waals surface area contributed by atoms with Gasteiger partial charge in [0.15, 0.2) is 0 Å². The van der Waals surface area contributed by atoms with Crippen molar-refractivity contribution in [1.29, 1.82) is 0 Å². The summed E-state index contributed by atoms with van der Waals surface area (Å²) in [5.41, 5.74) is 0. The van der Waals surface area contributed by atoms with Crippen LogP contribution in [0.4, 0.5) is 0 Å². The van der Waals surface area contributed by atoms with Crippen LogP contribution in [0, 0.1) is 5.92 Å². The van der Waals surface area contributed by atoms with E-state index in [1.807, 2.05) is 13.8 Å². The summed E-state index contributed by atoms with van der Waals surface area (Å²) in [6.45, 7) is 2.93. The molecule has 0 saturated heterocycles. The maximum Gasteiger partial charge on any atom is 0.232 e. The zero-order chi connectivity index (χ0) is 21.0. The Balaban J connectivity index is 4.91. The number of Topliss-reactive ketones (excluding diaryl/α,β-unsaturated/α-hetero) is 1. The number of amides is 1. The van der Waals surface area contributed by atoms with Crippen LogP contribution < -0.4 is 0 Å². The van der Waals surface area contributed by atoms with E-state index in [9.17, 15) is 30.0 Å². The molecule has 0 saturated carbocycles. The monoisotopic (exact) mass is 391 g/mol. The second kappa shape index (κ2) is 14.0. The summed E-state index contributed by atoms with van der Waals surface area (Å²) in [6.07, 6.45) is -1.62. The summed E-state index contributed by atoms with van der Waals surface area (Å²) in [5.74, 6) is -1.31. The van der Waals surface area contributed by atoms with Crippen LogP contribution in [0.25, 0.3) is 0 Å². The zero-order valence-electron chi connectivity index (χ0n) is 16.8. The maximum atomic E-state index is 12.7. The van der Waals surface area contributed by atoms with Gasteiger partial charge >= 0.3 is 0 Å². The van der Waals surface area contributed by atoms with Crippen molar-refractivity contribution in [1.82, 2.24) is 4.90 Å². The number of rotatable bonds is 15. The number of aliphatic hydroxyl groups is 5. The first-order chi connectivity index (χ1) is 12.7. The summed E-state index contributed by atoms with van der Waals surface area (Å²) in [7, 11) is 1.42. The van der Waals surface area contributed by atoms with Gasteiger partial charge < -0.3 is 30.4 Å². The van der Waals surface area contributed by atoms with Crippen molar-refractivity contribution in [2.75, 3.05) is 20.2 Å². The Morgan fingerprint density at radius 2 is 1.44 bits per heavy atom. The zero-order valence-corrected chi connectivity index (χ0v) is 16.8. The standard InChI is InChI=1S/C19H37NO7/c1-4-6-8-10-14(22)13(9-7-5-2)19(27)20(3)11-15(23)17(25)18(26)16(24)12-21/h13,15-18,21,23-26H,4-12H2,1-3H3/t13?,15-,16+,17-,18-/m0/s1. The minimum absolute atomic E-state index is 0.112. The van der Waals surface area contributed by atoms with Crippen molar-refractivity contribution in [3.05, 3.63) is 0 Å². The van der Waals surface area contributed by atoms with Crippen LogP contribution in [-0.2, 0) is 9.59 Å². The molecule has 27 heavy (non-hydrogen) atoms. The predicted molar refractivity (Wildman–Crippen MR) is 101 cm³/mol. The number of hydrogen-bond acceptors (Lipinski definition) is 7. The third kappa shape index (κ3) is 9.12. The first-order valence-electron chi connectivity index (χ1n) is 9.81. The normalized spacial score (nSPS) is 17.0. The molecule has 8 nitrogen and oxygen atoms in total. The number of aliphatic hydroxyl groups excluding tert-OH is 5. The van der Waals surface area contributed by atoms with Gasteiger partial charge in [-0.05, 0) is 12.8 Å². The summed E-state index contributed by atoms with van der Waals surface area (Å²) >= 11 is 0. The molecule has 160 valence electrons. The SMILES string of the molecule is CCCCCC(=O)C(CCCC)C(=O)N(C)C[C@H](O)[C@H](O)[C@@H](O)[C@H](O)CO. The Hall–Kier alpha value is -1.06. The third-order valence-electron chi connectivity index (χ3n) is 4.72. The van der Waals surface area contributed by atoms with Crippen LogP contribution in [0.1, 0.15) is 58.8 Å². The molecule has 0 aromatic carbocycles. The lowest BCUT2D eigenvalue weighted by molar-refractivity contribution is -0.145. The molecule has 8 heteroatoms. The first kappa shape index (κ1) is 25.9. The maximum absolute atomic E-state index is 12.7. The van der Waals surface area contributed by atoms with Gasteiger partial charge in [-0.25, -0.2) is 0 Å². The second-order valence-corrected chi connectivity index (χ2v) is 7.14. The Kier molecular flexibility index (Phi) is 13.5. The highest BCUT2D eigenvalue weighted by molar-refractivity contribution is 6.01. The molecule has 1 amide bonds. The number of nitrogens with zero attached hydrogens (tertiary/aromatic N) is 1. The molecule has 1 unspecified atom stereocenters. The second-order valence-electron chi connectivity index (χ2n) is 7.14. The summed E-state index contributed by atoms with van der Waals surface area (Å²) < 4.78 is 0. The van der Waals surface area contributed by atoms with E-state index in [1.165, 1.54) is 11.9 Å². The van der Waals surface area contributed by atoms with Gasteiger partial charge in [-0.3, -0.25) is 9.59 Å². The lowest BCUT2D eigenvalue weighted by Crippen LogP contribution is -2.50. The van der Waals surface area contributed by atoms with Crippen LogP contribution >= 0.6 is 0 Å². The Morgan fingerprint density at radius 1 is 0.889 bits per heavy atom. The lowest BCUT2D eigenvalue weighted by Gasteiger charge is -2.30. The number of carbonyl (C=O) groups is 2. The van der Waals surface area contributed by atoms with E-state index < -0.39 is 42.8 Å². The van der Waals surface area contributed by atoms with Gasteiger partial charge in [-0.2, -0.15) is 0 Å². The van der Waals surface area contributed by atoms with Gasteiger partial charge in [0.05, 0.1) is 12.5 Å². The minimum atomic E-state index is -1.75. The number of carbonyl (C=O) groups excluding carboxylic acids is 2. The van der Waals surface area contributed by atoms with E-state index >= 15 is 0 Å². The quantitative estimate of drug-likeness (QED) is 0.193. The van der Waals surface area contributed by atoms with Crippen molar-refractivity contribution < 1.29 is 35.1 Å². The molecule has 0 rings (SSSR count). The van der Waals surface area contributed by atoms with Gasteiger partial charge in [0.1, 0.15) is 30.2 Å². The fourth-order valence-electron chi connectivity index (χ4n) is 2.86. The fourth-order valence-corrected chi connectivity index (χ4v) is 2.86. The molecule has 0 fully saturated rings. The molecular formula is C19H37NO7. The van der Waals surface area contributed by atoms with Crippen molar-refractivity contribution in [3.63, 3.8) is 0 Å². The molecule has 0 aliphatic rings. The van der Waals surface area contributed by atoms with E-state index in [-0.39, 0.29) is 12.3 Å². The van der Waals surface area contributed by atoms with Gasteiger partial charge in [0, 0.05) is 20.0 Å².